The first kappa shape index (κ1) is 14.1. The van der Waals surface area contributed by atoms with Crippen molar-refractivity contribution < 1.29 is 9.47 Å². The van der Waals surface area contributed by atoms with Crippen molar-refractivity contribution in [2.24, 2.45) is 5.92 Å². The van der Waals surface area contributed by atoms with E-state index in [1.165, 1.54) is 11.5 Å². The van der Waals surface area contributed by atoms with Crippen molar-refractivity contribution >= 4 is 22.4 Å². The largest absolute Gasteiger partial charge is 0.487 e. The second-order valence-corrected chi connectivity index (χ2v) is 4.88. The van der Waals surface area contributed by atoms with Crippen LogP contribution < -0.4 is 15.8 Å². The minimum Gasteiger partial charge on any atom is -0.487 e. The Hall–Kier alpha value is -1.01. The molecule has 0 radical (unpaired) electrons. The summed E-state index contributed by atoms with van der Waals surface area (Å²) in [6, 6.07) is 0.221. The number of nitrogens with zero attached hydrogens (tertiary/aromatic N) is 1. The average Bonchev–Trinajstić information content (AvgIpc) is 2.61. The van der Waals surface area contributed by atoms with Crippen molar-refractivity contribution in [3.05, 3.63) is 0 Å². The number of ether oxygens (including phenoxy) is 2. The second kappa shape index (κ2) is 6.66. The second-order valence-electron chi connectivity index (χ2n) is 4.11. The van der Waals surface area contributed by atoms with Gasteiger partial charge in [0.1, 0.15) is 0 Å². The number of nitrogens with one attached hydrogen (secondary N) is 1. The molecule has 1 aromatic heterocycles. The molecule has 1 atom stereocenters. The molecule has 1 aromatic rings. The number of hydrogen-bond donors (Lipinski definition) is 2. The Bertz CT molecular complexity index is 341. The number of aromatic nitrogens is 1. The fourth-order valence-electron chi connectivity index (χ4n) is 1.42. The first-order chi connectivity index (χ1) is 8.10. The van der Waals surface area contributed by atoms with Crippen LogP contribution in [-0.2, 0) is 4.74 Å². The van der Waals surface area contributed by atoms with Crippen LogP contribution in [0.3, 0.4) is 0 Å². The van der Waals surface area contributed by atoms with E-state index in [2.05, 4.69) is 23.5 Å². The molecule has 0 saturated carbocycles. The first-order valence-corrected chi connectivity index (χ1v) is 6.50. The molecule has 98 valence electrons. The highest BCUT2D eigenvalue weighted by Crippen LogP contribution is 2.36. The van der Waals surface area contributed by atoms with Crippen LogP contribution in [0, 0.1) is 5.92 Å². The maximum absolute atomic E-state index is 5.76. The average molecular weight is 259 g/mol. The first-order valence-electron chi connectivity index (χ1n) is 5.73. The predicted octanol–water partition coefficient (Wildman–Crippen LogP) is 2.21. The van der Waals surface area contributed by atoms with E-state index in [9.17, 15) is 0 Å². The summed E-state index contributed by atoms with van der Waals surface area (Å²) in [5.74, 6) is 1.55. The highest BCUT2D eigenvalue weighted by Gasteiger charge is 2.19. The van der Waals surface area contributed by atoms with E-state index >= 15 is 0 Å². The minimum absolute atomic E-state index is 0.221. The van der Waals surface area contributed by atoms with Crippen LogP contribution in [0.1, 0.15) is 20.8 Å². The number of nitrogen functional groups attached to an aromatic ring is 1. The molecule has 3 N–H and O–H groups in total. The summed E-state index contributed by atoms with van der Waals surface area (Å²) >= 11 is 1.32. The number of anilines is 2. The van der Waals surface area contributed by atoms with Gasteiger partial charge in [0, 0.05) is 7.11 Å². The van der Waals surface area contributed by atoms with Crippen molar-refractivity contribution in [2.45, 2.75) is 26.8 Å². The van der Waals surface area contributed by atoms with Gasteiger partial charge in [-0.25, -0.2) is 0 Å². The van der Waals surface area contributed by atoms with Crippen LogP contribution in [-0.4, -0.2) is 30.7 Å². The number of nitrogens with two attached hydrogens (primary N) is 1. The maximum atomic E-state index is 5.76. The number of rotatable bonds is 7. The highest BCUT2D eigenvalue weighted by molar-refractivity contribution is 7.11. The molecule has 0 aliphatic heterocycles. The predicted molar refractivity (Wildman–Crippen MR) is 71.8 cm³/mol. The zero-order chi connectivity index (χ0) is 12.8. The topological polar surface area (TPSA) is 69.4 Å². The van der Waals surface area contributed by atoms with E-state index in [4.69, 9.17) is 15.2 Å². The summed E-state index contributed by atoms with van der Waals surface area (Å²) in [5.41, 5.74) is 5.76. The van der Waals surface area contributed by atoms with Gasteiger partial charge in [0.25, 0.3) is 0 Å². The molecule has 0 saturated heterocycles. The standard InChI is InChI=1S/C11H21N3O2S/c1-5-16-9-10(12)14-17-11(9)13-8(6-15-4)7(2)3/h7-8,13H,5-6H2,1-4H3,(H2,12,14). The lowest BCUT2D eigenvalue weighted by atomic mass is 10.1. The van der Waals surface area contributed by atoms with Crippen molar-refractivity contribution in [2.75, 3.05) is 31.4 Å². The highest BCUT2D eigenvalue weighted by atomic mass is 32.1. The molecule has 1 heterocycles. The molecule has 6 heteroatoms. The third kappa shape index (κ3) is 3.74. The van der Waals surface area contributed by atoms with Crippen LogP contribution in [0.5, 0.6) is 5.75 Å². The van der Waals surface area contributed by atoms with Gasteiger partial charge in [-0.3, -0.25) is 0 Å². The summed E-state index contributed by atoms with van der Waals surface area (Å²) in [5, 5.41) is 4.25. The Morgan fingerprint density at radius 1 is 1.47 bits per heavy atom. The molecule has 1 unspecified atom stereocenters. The molecular formula is C11H21N3O2S. The Labute approximate surface area is 106 Å². The lowest BCUT2D eigenvalue weighted by molar-refractivity contribution is 0.171. The monoisotopic (exact) mass is 259 g/mol. The van der Waals surface area contributed by atoms with Gasteiger partial charge in [-0.05, 0) is 24.4 Å². The van der Waals surface area contributed by atoms with Gasteiger partial charge in [-0.2, -0.15) is 4.37 Å². The van der Waals surface area contributed by atoms with Crippen LogP contribution in [0.25, 0.3) is 0 Å². The van der Waals surface area contributed by atoms with Gasteiger partial charge in [-0.15, -0.1) is 0 Å². The lowest BCUT2D eigenvalue weighted by Gasteiger charge is -2.22. The molecule has 5 nitrogen and oxygen atoms in total. The van der Waals surface area contributed by atoms with Crippen LogP contribution >= 0.6 is 11.5 Å². The third-order valence-electron chi connectivity index (χ3n) is 2.43. The van der Waals surface area contributed by atoms with E-state index in [0.717, 1.165) is 5.00 Å². The summed E-state index contributed by atoms with van der Waals surface area (Å²) in [6.07, 6.45) is 0. The summed E-state index contributed by atoms with van der Waals surface area (Å²) in [4.78, 5) is 0. The van der Waals surface area contributed by atoms with Crippen LogP contribution in [0.2, 0.25) is 0 Å². The molecule has 1 rings (SSSR count). The molecule has 0 spiro atoms. The van der Waals surface area contributed by atoms with Gasteiger partial charge in [-0.1, -0.05) is 13.8 Å². The number of hydrogen-bond acceptors (Lipinski definition) is 6. The van der Waals surface area contributed by atoms with E-state index in [-0.39, 0.29) is 6.04 Å². The zero-order valence-corrected chi connectivity index (χ0v) is 11.6. The van der Waals surface area contributed by atoms with Crippen LogP contribution in [0.15, 0.2) is 0 Å². The zero-order valence-electron chi connectivity index (χ0n) is 10.8. The Morgan fingerprint density at radius 3 is 2.71 bits per heavy atom. The molecule has 0 aromatic carbocycles. The van der Waals surface area contributed by atoms with Gasteiger partial charge in [0.2, 0.25) is 0 Å². The Balaban J connectivity index is 2.77. The maximum Gasteiger partial charge on any atom is 0.197 e. The van der Waals surface area contributed by atoms with Gasteiger partial charge >= 0.3 is 0 Å². The Morgan fingerprint density at radius 2 is 2.18 bits per heavy atom. The van der Waals surface area contributed by atoms with Crippen molar-refractivity contribution in [3.8, 4) is 5.75 Å². The van der Waals surface area contributed by atoms with Gasteiger partial charge in [0.15, 0.2) is 16.6 Å². The molecule has 0 bridgehead atoms. The number of methoxy groups -OCH3 is 1. The van der Waals surface area contributed by atoms with Crippen molar-refractivity contribution in [1.29, 1.82) is 0 Å². The fourth-order valence-corrected chi connectivity index (χ4v) is 2.14. The smallest absolute Gasteiger partial charge is 0.197 e. The molecule has 17 heavy (non-hydrogen) atoms. The summed E-state index contributed by atoms with van der Waals surface area (Å²) in [7, 11) is 1.70. The van der Waals surface area contributed by atoms with E-state index in [1.54, 1.807) is 7.11 Å². The molecule has 0 fully saturated rings. The summed E-state index contributed by atoms with van der Waals surface area (Å²) in [6.45, 7) is 7.42. The van der Waals surface area contributed by atoms with E-state index < -0.39 is 0 Å². The molecule has 0 aliphatic rings. The van der Waals surface area contributed by atoms with Gasteiger partial charge < -0.3 is 20.5 Å². The van der Waals surface area contributed by atoms with Crippen molar-refractivity contribution in [1.82, 2.24) is 4.37 Å². The van der Waals surface area contributed by atoms with E-state index in [0.29, 0.717) is 30.7 Å². The van der Waals surface area contributed by atoms with Crippen LogP contribution in [0.4, 0.5) is 10.8 Å². The van der Waals surface area contributed by atoms with Crippen molar-refractivity contribution in [3.63, 3.8) is 0 Å². The lowest BCUT2D eigenvalue weighted by Crippen LogP contribution is -2.30. The normalized spacial score (nSPS) is 12.8. The third-order valence-corrected chi connectivity index (χ3v) is 3.20. The SMILES string of the molecule is CCOc1c(N)nsc1NC(COC)C(C)C. The van der Waals surface area contributed by atoms with E-state index in [1.807, 2.05) is 6.92 Å². The quantitative estimate of drug-likeness (QED) is 0.785. The minimum atomic E-state index is 0.221. The fraction of sp³-hybridized carbons (Fsp3) is 0.727. The van der Waals surface area contributed by atoms with Gasteiger partial charge in [0.05, 0.1) is 19.3 Å². The Kier molecular flexibility index (Phi) is 5.50. The molecule has 0 aliphatic carbocycles. The molecular weight excluding hydrogens is 238 g/mol. The summed E-state index contributed by atoms with van der Waals surface area (Å²) < 4.78 is 14.8. The molecule has 0 amide bonds.